The SMILES string of the molecule is [C-]#[N+]c1cc(-n2c3ccc(-c4ccc(C)cc4)cc3c3cc(-c4ccc(C)cc4)ccc32)c(-n2c3ccc(-c4ccc(C)cc4)cc3c3cc(-c4ccc(C)cc4)ccc32)cc1-c1nc(-c2ccccc2)nc(-c2ccccc2)n1. The number of rotatable bonds is 9. The van der Waals surface area contributed by atoms with Crippen molar-refractivity contribution in [1.29, 1.82) is 0 Å². The Morgan fingerprint density at radius 3 is 0.887 bits per heavy atom. The molecule has 0 aliphatic heterocycles. The van der Waals surface area contributed by atoms with Gasteiger partial charge in [-0.25, -0.2) is 19.8 Å². The monoisotopic (exact) mass is 1020 g/mol. The zero-order chi connectivity index (χ0) is 54.0. The highest BCUT2D eigenvalue weighted by molar-refractivity contribution is 6.14. The first-order valence-corrected chi connectivity index (χ1v) is 27.1. The van der Waals surface area contributed by atoms with Crippen molar-refractivity contribution in [2.75, 3.05) is 0 Å². The minimum atomic E-state index is 0.410. The van der Waals surface area contributed by atoms with Crippen molar-refractivity contribution >= 4 is 49.3 Å². The van der Waals surface area contributed by atoms with E-state index >= 15 is 0 Å². The second-order valence-electron chi connectivity index (χ2n) is 21.1. The summed E-state index contributed by atoms with van der Waals surface area (Å²) in [5.41, 5.74) is 22.5. The average Bonchev–Trinajstić information content (AvgIpc) is 4.06. The van der Waals surface area contributed by atoms with Crippen molar-refractivity contribution < 1.29 is 0 Å². The van der Waals surface area contributed by atoms with Crippen molar-refractivity contribution in [3.63, 3.8) is 0 Å². The Balaban J connectivity index is 1.10. The number of nitrogens with zero attached hydrogens (tertiary/aromatic N) is 6. The molecule has 0 saturated heterocycles. The summed E-state index contributed by atoms with van der Waals surface area (Å²) in [7, 11) is 0. The Morgan fingerprint density at radius 2 is 0.575 bits per heavy atom. The second-order valence-corrected chi connectivity index (χ2v) is 21.1. The van der Waals surface area contributed by atoms with Gasteiger partial charge in [-0.3, -0.25) is 0 Å². The molecule has 0 atom stereocenters. The summed E-state index contributed by atoms with van der Waals surface area (Å²) in [6, 6.07) is 86.6. The Labute approximate surface area is 465 Å². The summed E-state index contributed by atoms with van der Waals surface area (Å²) in [5.74, 6) is 1.46. The molecular formula is C74H52N6. The van der Waals surface area contributed by atoms with E-state index in [1.165, 1.54) is 22.3 Å². The molecule has 0 bridgehead atoms. The van der Waals surface area contributed by atoms with Gasteiger partial charge in [0.15, 0.2) is 23.2 Å². The van der Waals surface area contributed by atoms with Crippen LogP contribution in [0.15, 0.2) is 243 Å². The van der Waals surface area contributed by atoms with Gasteiger partial charge in [-0.15, -0.1) is 0 Å². The average molecular weight is 1030 g/mol. The number of hydrogen-bond acceptors (Lipinski definition) is 3. The highest BCUT2D eigenvalue weighted by Crippen LogP contribution is 2.45. The smallest absolute Gasteiger partial charge is 0.200 e. The van der Waals surface area contributed by atoms with Gasteiger partial charge in [-0.2, -0.15) is 0 Å². The molecule has 11 aromatic carbocycles. The van der Waals surface area contributed by atoms with Crippen molar-refractivity contribution in [3.8, 4) is 90.0 Å². The molecule has 0 radical (unpaired) electrons. The van der Waals surface area contributed by atoms with Gasteiger partial charge in [-0.1, -0.05) is 204 Å². The highest BCUT2D eigenvalue weighted by Gasteiger charge is 2.25. The molecular weight excluding hydrogens is 973 g/mol. The molecule has 0 saturated carbocycles. The Bertz CT molecular complexity index is 4490. The Kier molecular flexibility index (Phi) is 11.7. The number of fused-ring (bicyclic) bond motifs is 6. The fraction of sp³-hybridized carbons (Fsp3) is 0.0541. The summed E-state index contributed by atoms with van der Waals surface area (Å²) in [4.78, 5) is 20.0. The third kappa shape index (κ3) is 8.50. The summed E-state index contributed by atoms with van der Waals surface area (Å²) >= 11 is 0. The van der Waals surface area contributed by atoms with Crippen LogP contribution in [-0.2, 0) is 0 Å². The lowest BCUT2D eigenvalue weighted by atomic mass is 9.99. The van der Waals surface area contributed by atoms with Crippen LogP contribution in [0.5, 0.6) is 0 Å². The normalized spacial score (nSPS) is 11.5. The molecule has 6 nitrogen and oxygen atoms in total. The summed E-state index contributed by atoms with van der Waals surface area (Å²) in [6.07, 6.45) is 0. The molecule has 80 heavy (non-hydrogen) atoms. The molecule has 0 fully saturated rings. The van der Waals surface area contributed by atoms with Crippen molar-refractivity contribution in [2.24, 2.45) is 0 Å². The molecule has 14 rings (SSSR count). The molecule has 378 valence electrons. The van der Waals surface area contributed by atoms with E-state index < -0.39 is 0 Å². The molecule has 14 aromatic rings. The van der Waals surface area contributed by atoms with Crippen LogP contribution in [0.1, 0.15) is 22.3 Å². The largest absolute Gasteiger partial charge is 0.308 e. The Morgan fingerprint density at radius 1 is 0.287 bits per heavy atom. The molecule has 3 aromatic heterocycles. The first-order chi connectivity index (χ1) is 39.2. The number of aryl methyl sites for hydroxylation is 4. The molecule has 0 aliphatic rings. The highest BCUT2D eigenvalue weighted by atomic mass is 15.1. The number of hydrogen-bond donors (Lipinski definition) is 0. The van der Waals surface area contributed by atoms with Crippen LogP contribution in [-0.4, -0.2) is 24.1 Å². The molecule has 0 amide bonds. The topological polar surface area (TPSA) is 52.9 Å². The van der Waals surface area contributed by atoms with Gasteiger partial charge in [0.25, 0.3) is 0 Å². The maximum Gasteiger partial charge on any atom is 0.200 e. The van der Waals surface area contributed by atoms with Gasteiger partial charge in [0.1, 0.15) is 0 Å². The zero-order valence-corrected chi connectivity index (χ0v) is 44.8. The fourth-order valence-corrected chi connectivity index (χ4v) is 11.4. The number of benzene rings is 11. The van der Waals surface area contributed by atoms with Crippen molar-refractivity contribution in [1.82, 2.24) is 24.1 Å². The molecule has 0 unspecified atom stereocenters. The quantitative estimate of drug-likeness (QED) is 0.135. The second kappa shape index (κ2) is 19.5. The molecule has 0 N–H and O–H groups in total. The minimum Gasteiger partial charge on any atom is -0.308 e. The molecule has 6 heteroatoms. The van der Waals surface area contributed by atoms with Crippen LogP contribution >= 0.6 is 0 Å². The first kappa shape index (κ1) is 47.9. The molecule has 0 spiro atoms. The van der Waals surface area contributed by atoms with Crippen LogP contribution in [0.2, 0.25) is 0 Å². The molecule has 3 heterocycles. The van der Waals surface area contributed by atoms with Gasteiger partial charge in [-0.05, 0) is 133 Å². The minimum absolute atomic E-state index is 0.410. The predicted molar refractivity (Wildman–Crippen MR) is 332 cm³/mol. The lowest BCUT2D eigenvalue weighted by Crippen LogP contribution is -2.06. The van der Waals surface area contributed by atoms with Crippen LogP contribution in [0.25, 0.3) is 139 Å². The number of aromatic nitrogens is 5. The van der Waals surface area contributed by atoms with E-state index in [2.05, 4.69) is 224 Å². The van der Waals surface area contributed by atoms with Crippen LogP contribution in [0, 0.1) is 34.3 Å². The standard InChI is InChI=1S/C74H52N6/c1-46-16-24-50(25-17-46)56-32-36-66-60(40-56)61-41-57(51-26-18-47(2)19-27-51)33-37-67(61)79(66)70-44-64(74-77-72(54-12-8-6-9-13-54)76-73(78-74)55-14-10-7-11-15-55)65(75-5)45-71(70)80-68-38-34-58(52-28-20-48(3)21-29-52)42-62(68)63-43-59(35-39-69(63)80)53-30-22-49(4)23-31-53/h6-45H,1-4H3. The van der Waals surface area contributed by atoms with E-state index in [0.29, 0.717) is 28.7 Å². The van der Waals surface area contributed by atoms with E-state index in [4.69, 9.17) is 21.5 Å². The van der Waals surface area contributed by atoms with E-state index in [0.717, 1.165) is 111 Å². The van der Waals surface area contributed by atoms with E-state index in [-0.39, 0.29) is 0 Å². The fourth-order valence-electron chi connectivity index (χ4n) is 11.4. The van der Waals surface area contributed by atoms with Gasteiger partial charge < -0.3 is 9.13 Å². The molecule has 0 aliphatic carbocycles. The van der Waals surface area contributed by atoms with Crippen LogP contribution < -0.4 is 0 Å². The van der Waals surface area contributed by atoms with Crippen LogP contribution in [0.3, 0.4) is 0 Å². The van der Waals surface area contributed by atoms with E-state index in [1.54, 1.807) is 0 Å². The van der Waals surface area contributed by atoms with Gasteiger partial charge >= 0.3 is 0 Å². The van der Waals surface area contributed by atoms with Gasteiger partial charge in [0.2, 0.25) is 0 Å². The van der Waals surface area contributed by atoms with Crippen molar-refractivity contribution in [2.45, 2.75) is 27.7 Å². The zero-order valence-electron chi connectivity index (χ0n) is 44.8. The van der Waals surface area contributed by atoms with Crippen LogP contribution in [0.4, 0.5) is 5.69 Å². The summed E-state index contributed by atoms with van der Waals surface area (Å²) in [5, 5.41) is 4.44. The van der Waals surface area contributed by atoms with Crippen molar-refractivity contribution in [3.05, 3.63) is 276 Å². The predicted octanol–water partition coefficient (Wildman–Crippen LogP) is 19.5. The lowest BCUT2D eigenvalue weighted by molar-refractivity contribution is 1.07. The Hall–Kier alpha value is -10.5. The van der Waals surface area contributed by atoms with Gasteiger partial charge in [0.05, 0.1) is 40.0 Å². The summed E-state index contributed by atoms with van der Waals surface area (Å²) in [6.45, 7) is 17.6. The third-order valence-electron chi connectivity index (χ3n) is 15.7. The van der Waals surface area contributed by atoms with Gasteiger partial charge in [0, 0.05) is 38.2 Å². The maximum absolute atomic E-state index is 9.08. The third-order valence-corrected chi connectivity index (χ3v) is 15.7. The summed E-state index contributed by atoms with van der Waals surface area (Å²) < 4.78 is 4.76. The first-order valence-electron chi connectivity index (χ1n) is 27.1. The lowest BCUT2D eigenvalue weighted by Gasteiger charge is -2.20. The van der Waals surface area contributed by atoms with E-state index in [9.17, 15) is 0 Å². The maximum atomic E-state index is 9.08. The van der Waals surface area contributed by atoms with E-state index in [1.807, 2.05) is 60.7 Å².